The number of rotatable bonds is 6. The summed E-state index contributed by atoms with van der Waals surface area (Å²) in [4.78, 5) is 35.9. The predicted molar refractivity (Wildman–Crippen MR) is 153 cm³/mol. The molecule has 0 radical (unpaired) electrons. The number of aromatic nitrogens is 8. The molecule has 6 aromatic rings. The molecule has 6 rings (SSSR count). The lowest BCUT2D eigenvalue weighted by Crippen LogP contribution is -2.12. The number of pyridine rings is 1. The topological polar surface area (TPSA) is 167 Å². The third-order valence-corrected chi connectivity index (χ3v) is 6.33. The lowest BCUT2D eigenvalue weighted by atomic mass is 10.2. The van der Waals surface area contributed by atoms with E-state index in [1.54, 1.807) is 33.0 Å². The van der Waals surface area contributed by atoms with E-state index in [0.29, 0.717) is 34.2 Å². The van der Waals surface area contributed by atoms with Crippen LogP contribution in [0.1, 0.15) is 44.6 Å². The first kappa shape index (κ1) is 30.9. The summed E-state index contributed by atoms with van der Waals surface area (Å²) in [5, 5.41) is 17.4. The van der Waals surface area contributed by atoms with Crippen molar-refractivity contribution in [1.82, 2.24) is 39.3 Å². The molecule has 0 atom stereocenters. The third-order valence-electron chi connectivity index (χ3n) is 6.12. The van der Waals surface area contributed by atoms with Crippen molar-refractivity contribution in [2.75, 3.05) is 17.2 Å². The number of ether oxygens (including phenoxy) is 1. The van der Waals surface area contributed by atoms with Gasteiger partial charge in [0.15, 0.2) is 11.3 Å². The Kier molecular flexibility index (Phi) is 8.62. The summed E-state index contributed by atoms with van der Waals surface area (Å²) in [5.74, 6) is -0.608. The van der Waals surface area contributed by atoms with Crippen LogP contribution in [0.4, 0.5) is 30.7 Å². The summed E-state index contributed by atoms with van der Waals surface area (Å²) in [7, 11) is 0. The van der Waals surface area contributed by atoms with Gasteiger partial charge in [-0.05, 0) is 45.0 Å². The van der Waals surface area contributed by atoms with Crippen LogP contribution in [0.3, 0.4) is 0 Å². The zero-order chi connectivity index (χ0) is 32.3. The Labute approximate surface area is 256 Å². The molecule has 45 heavy (non-hydrogen) atoms. The molecule has 0 aliphatic carbocycles. The number of hydrogen-bond acceptors (Lipinski definition) is 11. The molecule has 0 spiro atoms. The molecule has 232 valence electrons. The summed E-state index contributed by atoms with van der Waals surface area (Å²) < 4.78 is 51.3. The molecule has 0 aromatic carbocycles. The number of anilines is 3. The molecule has 1 amide bonds. The van der Waals surface area contributed by atoms with Gasteiger partial charge in [-0.25, -0.2) is 28.8 Å². The number of fused-ring (bicyclic) bond motifs is 2. The predicted octanol–water partition coefficient (Wildman–Crippen LogP) is 5.30. The van der Waals surface area contributed by atoms with Gasteiger partial charge in [-0.3, -0.25) is 10.1 Å². The SMILES string of the molecule is CCOC(=O)c1cnn2ccc(Cl)nc12.Cc1noc(NC(=O)c2cnn3ccc(Nc4cccc(C(F)(F)F)n4)nc23)c1C. The quantitative estimate of drug-likeness (QED) is 0.179. The van der Waals surface area contributed by atoms with E-state index in [1.165, 1.54) is 45.8 Å². The number of nitrogens with one attached hydrogen (secondary N) is 2. The minimum atomic E-state index is -4.57. The molecule has 0 unspecified atom stereocenters. The third kappa shape index (κ3) is 6.82. The van der Waals surface area contributed by atoms with Gasteiger partial charge in [-0.2, -0.15) is 23.4 Å². The largest absolute Gasteiger partial charge is 0.462 e. The van der Waals surface area contributed by atoms with Gasteiger partial charge >= 0.3 is 12.1 Å². The van der Waals surface area contributed by atoms with Crippen molar-refractivity contribution in [2.45, 2.75) is 26.9 Å². The molecule has 0 saturated heterocycles. The number of halogens is 4. The van der Waals surface area contributed by atoms with Crippen LogP contribution in [0.5, 0.6) is 0 Å². The first-order valence-corrected chi connectivity index (χ1v) is 13.4. The second kappa shape index (κ2) is 12.6. The standard InChI is InChI=1S/C18H14F3N7O2.C9H8ClN3O2/c1-9-10(2)27-30-17(9)26-16(29)11-8-22-28-7-6-14(25-15(11)28)24-13-5-3-4-12(23-13)18(19,20)21;1-2-15-9(14)6-5-11-13-4-3-7(10)12-8(6)13/h3-8H,1-2H3,(H,26,29)(H,23,24,25);3-5H,2H2,1H3. The van der Waals surface area contributed by atoms with E-state index in [0.717, 1.165) is 6.07 Å². The van der Waals surface area contributed by atoms with E-state index in [1.807, 2.05) is 0 Å². The molecule has 6 aromatic heterocycles. The van der Waals surface area contributed by atoms with E-state index < -0.39 is 23.7 Å². The normalized spacial score (nSPS) is 11.3. The van der Waals surface area contributed by atoms with E-state index in [2.05, 4.69) is 40.9 Å². The summed E-state index contributed by atoms with van der Waals surface area (Å²) >= 11 is 5.72. The molecule has 0 saturated carbocycles. The molecular formula is C27H22ClF3N10O4. The van der Waals surface area contributed by atoms with Crippen LogP contribution in [-0.4, -0.2) is 57.8 Å². The number of amides is 1. The molecule has 0 bridgehead atoms. The fourth-order valence-corrected chi connectivity index (χ4v) is 3.93. The van der Waals surface area contributed by atoms with E-state index in [4.69, 9.17) is 20.9 Å². The highest BCUT2D eigenvalue weighted by atomic mass is 35.5. The second-order valence-electron chi connectivity index (χ2n) is 9.14. The average molecular weight is 643 g/mol. The zero-order valence-corrected chi connectivity index (χ0v) is 24.4. The Bertz CT molecular complexity index is 2020. The number of alkyl halides is 3. The molecule has 0 aliphatic rings. The van der Waals surface area contributed by atoms with Crippen LogP contribution in [0.15, 0.2) is 59.6 Å². The molecule has 18 heteroatoms. The molecule has 6 heterocycles. The number of hydrogen-bond donors (Lipinski definition) is 2. The second-order valence-corrected chi connectivity index (χ2v) is 9.53. The summed E-state index contributed by atoms with van der Waals surface area (Å²) in [6, 6.07) is 6.56. The van der Waals surface area contributed by atoms with Gasteiger partial charge in [0, 0.05) is 18.0 Å². The van der Waals surface area contributed by atoms with Crippen LogP contribution in [0.25, 0.3) is 11.3 Å². The van der Waals surface area contributed by atoms with Gasteiger partial charge in [0.05, 0.1) is 24.7 Å². The molecule has 0 aliphatic heterocycles. The van der Waals surface area contributed by atoms with Gasteiger partial charge in [-0.15, -0.1) is 0 Å². The van der Waals surface area contributed by atoms with Crippen LogP contribution in [0, 0.1) is 13.8 Å². The minimum Gasteiger partial charge on any atom is -0.462 e. The Balaban J connectivity index is 0.000000223. The highest BCUT2D eigenvalue weighted by molar-refractivity contribution is 6.29. The maximum Gasteiger partial charge on any atom is 0.433 e. The molecule has 2 N–H and O–H groups in total. The Morgan fingerprint density at radius 1 is 0.956 bits per heavy atom. The number of nitrogens with zero attached hydrogens (tertiary/aromatic N) is 8. The lowest BCUT2D eigenvalue weighted by molar-refractivity contribution is -0.141. The maximum atomic E-state index is 12.8. The Morgan fingerprint density at radius 3 is 2.29 bits per heavy atom. The van der Waals surface area contributed by atoms with Crippen LogP contribution < -0.4 is 10.6 Å². The van der Waals surface area contributed by atoms with Crippen molar-refractivity contribution in [2.24, 2.45) is 0 Å². The fraction of sp³-hybridized carbons (Fsp3) is 0.185. The van der Waals surface area contributed by atoms with Crippen LogP contribution in [-0.2, 0) is 10.9 Å². The van der Waals surface area contributed by atoms with Crippen molar-refractivity contribution in [3.05, 3.63) is 88.4 Å². The van der Waals surface area contributed by atoms with Gasteiger partial charge in [0.25, 0.3) is 5.91 Å². The highest BCUT2D eigenvalue weighted by Crippen LogP contribution is 2.29. The molecule has 14 nitrogen and oxygen atoms in total. The smallest absolute Gasteiger partial charge is 0.433 e. The van der Waals surface area contributed by atoms with Crippen molar-refractivity contribution in [1.29, 1.82) is 0 Å². The minimum absolute atomic E-state index is 0.0417. The number of carbonyl (C=O) groups excluding carboxylic acids is 2. The van der Waals surface area contributed by atoms with Crippen molar-refractivity contribution >= 4 is 52.3 Å². The average Bonchev–Trinajstić information content (AvgIpc) is 3.70. The molecular weight excluding hydrogens is 621 g/mol. The summed E-state index contributed by atoms with van der Waals surface area (Å²) in [6.45, 7) is 5.55. The van der Waals surface area contributed by atoms with E-state index >= 15 is 0 Å². The van der Waals surface area contributed by atoms with Gasteiger partial charge in [-0.1, -0.05) is 22.8 Å². The van der Waals surface area contributed by atoms with Crippen LogP contribution in [0.2, 0.25) is 5.15 Å². The maximum absolute atomic E-state index is 12.8. The van der Waals surface area contributed by atoms with Gasteiger partial charge in [0.2, 0.25) is 5.88 Å². The zero-order valence-electron chi connectivity index (χ0n) is 23.6. The van der Waals surface area contributed by atoms with Crippen molar-refractivity contribution in [3.8, 4) is 0 Å². The Morgan fingerprint density at radius 2 is 1.62 bits per heavy atom. The number of carbonyl (C=O) groups is 2. The lowest BCUT2D eigenvalue weighted by Gasteiger charge is -2.09. The van der Waals surface area contributed by atoms with E-state index in [9.17, 15) is 22.8 Å². The highest BCUT2D eigenvalue weighted by Gasteiger charge is 2.32. The van der Waals surface area contributed by atoms with Crippen molar-refractivity contribution in [3.63, 3.8) is 0 Å². The fourth-order valence-electron chi connectivity index (χ4n) is 3.79. The van der Waals surface area contributed by atoms with Gasteiger partial charge < -0.3 is 14.6 Å². The molecule has 0 fully saturated rings. The Hall–Kier alpha value is -5.58. The first-order valence-electron chi connectivity index (χ1n) is 13.0. The van der Waals surface area contributed by atoms with Gasteiger partial charge in [0.1, 0.15) is 33.6 Å². The van der Waals surface area contributed by atoms with Crippen LogP contribution >= 0.6 is 11.6 Å². The summed E-state index contributed by atoms with van der Waals surface area (Å²) in [6.07, 6.45) is 1.31. The summed E-state index contributed by atoms with van der Waals surface area (Å²) in [5.41, 5.74) is 1.35. The van der Waals surface area contributed by atoms with Crippen molar-refractivity contribution < 1.29 is 32.0 Å². The monoisotopic (exact) mass is 642 g/mol. The van der Waals surface area contributed by atoms with E-state index in [-0.39, 0.29) is 28.7 Å². The number of esters is 1. The first-order chi connectivity index (χ1) is 21.4. The number of aryl methyl sites for hydroxylation is 1.